The molecule has 112 valence electrons. The first-order chi connectivity index (χ1) is 9.24. The van der Waals surface area contributed by atoms with Crippen LogP contribution in [-0.2, 0) is 10.0 Å². The van der Waals surface area contributed by atoms with Crippen LogP contribution in [0.15, 0.2) is 23.1 Å². The van der Waals surface area contributed by atoms with Crippen LogP contribution in [0.25, 0.3) is 0 Å². The largest absolute Gasteiger partial charge is 0.390 e. The molecule has 20 heavy (non-hydrogen) atoms. The van der Waals surface area contributed by atoms with Crippen molar-refractivity contribution in [1.29, 1.82) is 0 Å². The van der Waals surface area contributed by atoms with Crippen molar-refractivity contribution in [2.45, 2.75) is 36.7 Å². The molecule has 0 spiro atoms. The van der Waals surface area contributed by atoms with E-state index in [4.69, 9.17) is 23.2 Å². The highest BCUT2D eigenvalue weighted by Gasteiger charge is 2.32. The Morgan fingerprint density at radius 3 is 2.65 bits per heavy atom. The van der Waals surface area contributed by atoms with E-state index in [1.165, 1.54) is 10.4 Å². The zero-order valence-electron chi connectivity index (χ0n) is 11.1. The van der Waals surface area contributed by atoms with E-state index in [0.29, 0.717) is 25.8 Å². The second-order valence-electron chi connectivity index (χ2n) is 5.31. The fourth-order valence-corrected chi connectivity index (χ4v) is 4.52. The van der Waals surface area contributed by atoms with Crippen molar-refractivity contribution < 1.29 is 13.5 Å². The molecule has 0 saturated carbocycles. The lowest BCUT2D eigenvalue weighted by Crippen LogP contribution is -2.33. The number of sulfonamides is 1. The lowest BCUT2D eigenvalue weighted by molar-refractivity contribution is 0.0465. The van der Waals surface area contributed by atoms with E-state index >= 15 is 0 Å². The van der Waals surface area contributed by atoms with Gasteiger partial charge in [-0.25, -0.2) is 8.42 Å². The molecule has 1 N–H and O–H groups in total. The van der Waals surface area contributed by atoms with Crippen LogP contribution < -0.4 is 0 Å². The van der Waals surface area contributed by atoms with E-state index in [0.717, 1.165) is 0 Å². The molecule has 0 amide bonds. The number of hydrogen-bond acceptors (Lipinski definition) is 3. The summed E-state index contributed by atoms with van der Waals surface area (Å²) in [6.45, 7) is 2.38. The zero-order chi connectivity index (χ0) is 15.0. The fraction of sp³-hybridized carbons (Fsp3) is 0.538. The molecule has 7 heteroatoms. The van der Waals surface area contributed by atoms with Crippen LogP contribution in [0.5, 0.6) is 0 Å². The Morgan fingerprint density at radius 1 is 1.25 bits per heavy atom. The molecule has 2 rings (SSSR count). The number of nitrogens with zero attached hydrogens (tertiary/aromatic N) is 1. The topological polar surface area (TPSA) is 57.6 Å². The van der Waals surface area contributed by atoms with Gasteiger partial charge in [-0.2, -0.15) is 4.31 Å². The van der Waals surface area contributed by atoms with Gasteiger partial charge in [-0.3, -0.25) is 0 Å². The van der Waals surface area contributed by atoms with Gasteiger partial charge < -0.3 is 5.11 Å². The van der Waals surface area contributed by atoms with Crippen LogP contribution in [-0.4, -0.2) is 36.5 Å². The molecule has 1 aromatic carbocycles. The Labute approximate surface area is 129 Å². The smallest absolute Gasteiger partial charge is 0.244 e. The minimum absolute atomic E-state index is 0.0215. The first-order valence-electron chi connectivity index (χ1n) is 6.41. The molecule has 0 radical (unpaired) electrons. The lowest BCUT2D eigenvalue weighted by atomic mass is 9.98. The van der Waals surface area contributed by atoms with E-state index in [-0.39, 0.29) is 21.5 Å². The summed E-state index contributed by atoms with van der Waals surface area (Å²) in [5.41, 5.74) is -0.817. The molecule has 1 aliphatic rings. The maximum absolute atomic E-state index is 12.6. The summed E-state index contributed by atoms with van der Waals surface area (Å²) in [5, 5.41) is 10.3. The Bertz CT molecular complexity index is 602. The van der Waals surface area contributed by atoms with Gasteiger partial charge in [-0.05, 0) is 38.3 Å². The Kier molecular flexibility index (Phi) is 4.66. The summed E-state index contributed by atoms with van der Waals surface area (Å²) in [7, 11) is -3.68. The summed E-state index contributed by atoms with van der Waals surface area (Å²) in [4.78, 5) is 0.0215. The van der Waals surface area contributed by atoms with Crippen LogP contribution in [0.3, 0.4) is 0 Å². The van der Waals surface area contributed by atoms with E-state index in [2.05, 4.69) is 0 Å². The highest BCUT2D eigenvalue weighted by molar-refractivity contribution is 7.89. The second-order valence-corrected chi connectivity index (χ2v) is 8.00. The van der Waals surface area contributed by atoms with Gasteiger partial charge in [0, 0.05) is 13.1 Å². The number of aliphatic hydroxyl groups is 1. The maximum Gasteiger partial charge on any atom is 0.244 e. The molecule has 1 atom stereocenters. The Hall–Kier alpha value is -0.330. The van der Waals surface area contributed by atoms with Gasteiger partial charge in [0.25, 0.3) is 0 Å². The van der Waals surface area contributed by atoms with Gasteiger partial charge in [0.2, 0.25) is 10.0 Å². The first-order valence-corrected chi connectivity index (χ1v) is 8.60. The van der Waals surface area contributed by atoms with Crippen molar-refractivity contribution in [3.8, 4) is 0 Å². The predicted molar refractivity (Wildman–Crippen MR) is 79.7 cm³/mol. The van der Waals surface area contributed by atoms with Crippen molar-refractivity contribution >= 4 is 33.2 Å². The minimum Gasteiger partial charge on any atom is -0.390 e. The molecule has 1 aliphatic heterocycles. The molecular weight excluding hydrogens is 321 g/mol. The molecule has 1 unspecified atom stereocenters. The quantitative estimate of drug-likeness (QED) is 0.902. The van der Waals surface area contributed by atoms with Gasteiger partial charge in [-0.15, -0.1) is 0 Å². The third kappa shape index (κ3) is 3.28. The summed E-state index contributed by atoms with van der Waals surface area (Å²) in [6, 6.07) is 4.57. The van der Waals surface area contributed by atoms with Gasteiger partial charge in [0.1, 0.15) is 4.90 Å². The van der Waals surface area contributed by atoms with Crippen molar-refractivity contribution in [2.24, 2.45) is 0 Å². The molecular formula is C13H17Cl2NO3S. The highest BCUT2D eigenvalue weighted by Crippen LogP contribution is 2.32. The summed E-state index contributed by atoms with van der Waals surface area (Å²) >= 11 is 11.9. The number of rotatable bonds is 2. The monoisotopic (exact) mass is 337 g/mol. The van der Waals surface area contributed by atoms with Gasteiger partial charge in [0.05, 0.1) is 15.6 Å². The molecule has 1 heterocycles. The third-order valence-electron chi connectivity index (χ3n) is 3.56. The van der Waals surface area contributed by atoms with Gasteiger partial charge in [0.15, 0.2) is 0 Å². The SMILES string of the molecule is CC1(O)CCCN(S(=O)(=O)c2cccc(Cl)c2Cl)CC1. The second kappa shape index (κ2) is 5.81. The summed E-state index contributed by atoms with van der Waals surface area (Å²) in [6.07, 6.45) is 1.61. The average molecular weight is 338 g/mol. The molecule has 0 aliphatic carbocycles. The van der Waals surface area contributed by atoms with Crippen LogP contribution in [0.2, 0.25) is 10.0 Å². The normalized spacial score (nSPS) is 25.4. The highest BCUT2D eigenvalue weighted by atomic mass is 35.5. The van der Waals surface area contributed by atoms with Crippen LogP contribution in [0.4, 0.5) is 0 Å². The van der Waals surface area contributed by atoms with Crippen LogP contribution >= 0.6 is 23.2 Å². The van der Waals surface area contributed by atoms with Crippen molar-refractivity contribution in [1.82, 2.24) is 4.31 Å². The summed E-state index contributed by atoms with van der Waals surface area (Å²) in [5.74, 6) is 0. The molecule has 0 aromatic heterocycles. The fourth-order valence-electron chi connectivity index (χ4n) is 2.30. The number of hydrogen-bond donors (Lipinski definition) is 1. The molecule has 1 fully saturated rings. The minimum atomic E-state index is -3.68. The van der Waals surface area contributed by atoms with Crippen molar-refractivity contribution in [2.75, 3.05) is 13.1 Å². The van der Waals surface area contributed by atoms with E-state index in [9.17, 15) is 13.5 Å². The first kappa shape index (κ1) is 16.0. The Balaban J connectivity index is 2.33. The third-order valence-corrected chi connectivity index (χ3v) is 6.43. The van der Waals surface area contributed by atoms with Crippen molar-refractivity contribution in [3.05, 3.63) is 28.2 Å². The molecule has 1 aromatic rings. The van der Waals surface area contributed by atoms with Gasteiger partial charge >= 0.3 is 0 Å². The molecule has 0 bridgehead atoms. The van der Waals surface area contributed by atoms with Gasteiger partial charge in [-0.1, -0.05) is 29.3 Å². The zero-order valence-corrected chi connectivity index (χ0v) is 13.5. The number of halogens is 2. The predicted octanol–water partition coefficient (Wildman–Crippen LogP) is 2.92. The number of benzene rings is 1. The van der Waals surface area contributed by atoms with Crippen molar-refractivity contribution in [3.63, 3.8) is 0 Å². The summed E-state index contributed by atoms with van der Waals surface area (Å²) < 4.78 is 26.6. The molecule has 4 nitrogen and oxygen atoms in total. The molecule has 1 saturated heterocycles. The van der Waals surface area contributed by atoms with E-state index < -0.39 is 15.6 Å². The van der Waals surface area contributed by atoms with Crippen LogP contribution in [0, 0.1) is 0 Å². The average Bonchev–Trinajstić information content (AvgIpc) is 2.54. The Morgan fingerprint density at radius 2 is 1.95 bits per heavy atom. The maximum atomic E-state index is 12.6. The lowest BCUT2D eigenvalue weighted by Gasteiger charge is -2.22. The standard InChI is InChI=1S/C13H17Cl2NO3S/c1-13(17)6-3-8-16(9-7-13)20(18,19)11-5-2-4-10(14)12(11)15/h2,4-5,17H,3,6-9H2,1H3. The van der Waals surface area contributed by atoms with Crippen LogP contribution in [0.1, 0.15) is 26.2 Å². The van der Waals surface area contributed by atoms with E-state index in [1.54, 1.807) is 19.1 Å². The van der Waals surface area contributed by atoms with E-state index in [1.807, 2.05) is 0 Å².